The highest BCUT2D eigenvalue weighted by atomic mass is 16.5. The van der Waals surface area contributed by atoms with Gasteiger partial charge in [0.15, 0.2) is 0 Å². The van der Waals surface area contributed by atoms with E-state index in [9.17, 15) is 0 Å². The van der Waals surface area contributed by atoms with E-state index in [1.165, 1.54) is 11.1 Å². The average Bonchev–Trinajstić information content (AvgIpc) is 2.46. The molecule has 1 unspecified atom stereocenters. The summed E-state index contributed by atoms with van der Waals surface area (Å²) in [7, 11) is 0. The van der Waals surface area contributed by atoms with E-state index >= 15 is 0 Å². The summed E-state index contributed by atoms with van der Waals surface area (Å²) in [5.41, 5.74) is 8.64. The van der Waals surface area contributed by atoms with Gasteiger partial charge in [-0.2, -0.15) is 0 Å². The smallest absolute Gasteiger partial charge is 0.0807 e. The molecule has 13 heavy (non-hydrogen) atoms. The van der Waals surface area contributed by atoms with Gasteiger partial charge in [0, 0.05) is 13.0 Å². The van der Waals surface area contributed by atoms with E-state index in [-0.39, 0.29) is 12.1 Å². The van der Waals surface area contributed by atoms with E-state index < -0.39 is 0 Å². The van der Waals surface area contributed by atoms with Crippen LogP contribution >= 0.6 is 0 Å². The third-order valence-corrected chi connectivity index (χ3v) is 2.62. The largest absolute Gasteiger partial charge is 0.376 e. The third-order valence-electron chi connectivity index (χ3n) is 2.62. The van der Waals surface area contributed by atoms with Gasteiger partial charge in [0.1, 0.15) is 0 Å². The molecule has 2 heteroatoms. The molecule has 1 aromatic rings. The molecule has 1 aromatic carbocycles. The molecular weight excluding hydrogens is 162 g/mol. The first-order valence-electron chi connectivity index (χ1n) is 4.78. The molecule has 0 saturated heterocycles. The number of hydrogen-bond acceptors (Lipinski definition) is 2. The Bertz CT molecular complexity index is 298. The maximum absolute atomic E-state index is 6.05. The SMILES string of the molecule is CCOC1Cc2ccccc2[C@@H]1N. The van der Waals surface area contributed by atoms with Crippen molar-refractivity contribution in [1.29, 1.82) is 0 Å². The van der Waals surface area contributed by atoms with Crippen molar-refractivity contribution in [1.82, 2.24) is 0 Å². The molecule has 1 aliphatic carbocycles. The van der Waals surface area contributed by atoms with Crippen molar-refractivity contribution in [3.8, 4) is 0 Å². The molecule has 0 spiro atoms. The predicted octanol–water partition coefficient (Wildman–Crippen LogP) is 1.65. The first-order chi connectivity index (χ1) is 6.33. The van der Waals surface area contributed by atoms with Crippen LogP contribution in [0.15, 0.2) is 24.3 Å². The van der Waals surface area contributed by atoms with E-state index in [0.29, 0.717) is 0 Å². The van der Waals surface area contributed by atoms with Gasteiger partial charge in [-0.05, 0) is 18.1 Å². The Morgan fingerprint density at radius 2 is 2.23 bits per heavy atom. The zero-order valence-corrected chi connectivity index (χ0v) is 7.86. The Hall–Kier alpha value is -0.860. The standard InChI is InChI=1S/C11H15NO/c1-2-13-10-7-8-5-3-4-6-9(8)11(10)12/h3-6,10-11H,2,7,12H2,1H3/t10?,11-/m0/s1. The molecule has 2 rings (SSSR count). The highest BCUT2D eigenvalue weighted by molar-refractivity contribution is 5.36. The molecule has 70 valence electrons. The highest BCUT2D eigenvalue weighted by Crippen LogP contribution is 2.30. The quantitative estimate of drug-likeness (QED) is 0.745. The van der Waals surface area contributed by atoms with E-state index in [0.717, 1.165) is 13.0 Å². The lowest BCUT2D eigenvalue weighted by Gasteiger charge is -2.15. The van der Waals surface area contributed by atoms with Gasteiger partial charge >= 0.3 is 0 Å². The van der Waals surface area contributed by atoms with Gasteiger partial charge in [0.2, 0.25) is 0 Å². The minimum Gasteiger partial charge on any atom is -0.376 e. The summed E-state index contributed by atoms with van der Waals surface area (Å²) < 4.78 is 5.57. The zero-order valence-electron chi connectivity index (χ0n) is 7.86. The van der Waals surface area contributed by atoms with Crippen LogP contribution < -0.4 is 5.73 Å². The fraction of sp³-hybridized carbons (Fsp3) is 0.455. The first kappa shape index (κ1) is 8.73. The first-order valence-corrected chi connectivity index (χ1v) is 4.78. The van der Waals surface area contributed by atoms with Crippen LogP contribution in [-0.4, -0.2) is 12.7 Å². The van der Waals surface area contributed by atoms with Gasteiger partial charge in [0.05, 0.1) is 12.1 Å². The summed E-state index contributed by atoms with van der Waals surface area (Å²) in [6, 6.07) is 8.39. The Morgan fingerprint density at radius 1 is 1.46 bits per heavy atom. The van der Waals surface area contributed by atoms with Gasteiger partial charge in [-0.3, -0.25) is 0 Å². The van der Waals surface area contributed by atoms with E-state index in [4.69, 9.17) is 10.5 Å². The van der Waals surface area contributed by atoms with Crippen LogP contribution in [0.5, 0.6) is 0 Å². The van der Waals surface area contributed by atoms with Crippen LogP contribution in [0.25, 0.3) is 0 Å². The van der Waals surface area contributed by atoms with Crippen LogP contribution in [0.3, 0.4) is 0 Å². The summed E-state index contributed by atoms with van der Waals surface area (Å²) in [5, 5.41) is 0. The summed E-state index contributed by atoms with van der Waals surface area (Å²) >= 11 is 0. The molecular formula is C11H15NO. The van der Waals surface area contributed by atoms with Gasteiger partial charge < -0.3 is 10.5 Å². The second kappa shape index (κ2) is 3.48. The topological polar surface area (TPSA) is 35.2 Å². The molecule has 0 heterocycles. The summed E-state index contributed by atoms with van der Waals surface area (Å²) in [4.78, 5) is 0. The predicted molar refractivity (Wildman–Crippen MR) is 52.5 cm³/mol. The van der Waals surface area contributed by atoms with Gasteiger partial charge in [-0.15, -0.1) is 0 Å². The molecule has 2 atom stereocenters. The van der Waals surface area contributed by atoms with Crippen molar-refractivity contribution >= 4 is 0 Å². The van der Waals surface area contributed by atoms with Crippen LogP contribution in [-0.2, 0) is 11.2 Å². The Kier molecular flexibility index (Phi) is 2.34. The van der Waals surface area contributed by atoms with Gasteiger partial charge in [-0.1, -0.05) is 24.3 Å². The van der Waals surface area contributed by atoms with Crippen LogP contribution in [0.4, 0.5) is 0 Å². The fourth-order valence-electron chi connectivity index (χ4n) is 1.97. The average molecular weight is 177 g/mol. The van der Waals surface area contributed by atoms with Crippen LogP contribution in [0.2, 0.25) is 0 Å². The van der Waals surface area contributed by atoms with Crippen molar-refractivity contribution in [2.75, 3.05) is 6.61 Å². The molecule has 0 aromatic heterocycles. The Balaban J connectivity index is 2.22. The van der Waals surface area contributed by atoms with E-state index in [2.05, 4.69) is 18.2 Å². The second-order valence-corrected chi connectivity index (χ2v) is 3.42. The molecule has 0 aliphatic heterocycles. The number of ether oxygens (including phenoxy) is 1. The molecule has 0 amide bonds. The molecule has 0 bridgehead atoms. The fourth-order valence-corrected chi connectivity index (χ4v) is 1.97. The lowest BCUT2D eigenvalue weighted by Crippen LogP contribution is -2.24. The molecule has 2 nitrogen and oxygen atoms in total. The van der Waals surface area contributed by atoms with E-state index in [1.807, 2.05) is 13.0 Å². The minimum absolute atomic E-state index is 0.0659. The number of fused-ring (bicyclic) bond motifs is 1. The maximum atomic E-state index is 6.05. The summed E-state index contributed by atoms with van der Waals surface area (Å²) in [6.07, 6.45) is 1.15. The summed E-state index contributed by atoms with van der Waals surface area (Å²) in [5.74, 6) is 0. The normalized spacial score (nSPS) is 26.0. The van der Waals surface area contributed by atoms with Crippen LogP contribution in [0.1, 0.15) is 24.1 Å². The zero-order chi connectivity index (χ0) is 9.26. The molecule has 0 fully saturated rings. The molecule has 0 saturated carbocycles. The number of benzene rings is 1. The van der Waals surface area contributed by atoms with Crippen molar-refractivity contribution < 1.29 is 4.74 Å². The monoisotopic (exact) mass is 177 g/mol. The minimum atomic E-state index is 0.0659. The lowest BCUT2D eigenvalue weighted by molar-refractivity contribution is 0.0529. The maximum Gasteiger partial charge on any atom is 0.0807 e. The van der Waals surface area contributed by atoms with E-state index in [1.54, 1.807) is 0 Å². The third kappa shape index (κ3) is 1.47. The van der Waals surface area contributed by atoms with Gasteiger partial charge in [-0.25, -0.2) is 0 Å². The Labute approximate surface area is 78.7 Å². The van der Waals surface area contributed by atoms with Gasteiger partial charge in [0.25, 0.3) is 0 Å². The van der Waals surface area contributed by atoms with Crippen molar-refractivity contribution in [2.24, 2.45) is 5.73 Å². The summed E-state index contributed by atoms with van der Waals surface area (Å²) in [6.45, 7) is 2.75. The van der Waals surface area contributed by atoms with Crippen molar-refractivity contribution in [3.63, 3.8) is 0 Å². The Morgan fingerprint density at radius 3 is 2.92 bits per heavy atom. The number of rotatable bonds is 2. The van der Waals surface area contributed by atoms with Crippen molar-refractivity contribution in [2.45, 2.75) is 25.5 Å². The molecule has 1 aliphatic rings. The highest BCUT2D eigenvalue weighted by Gasteiger charge is 2.29. The number of hydrogen-bond donors (Lipinski definition) is 1. The van der Waals surface area contributed by atoms with Crippen molar-refractivity contribution in [3.05, 3.63) is 35.4 Å². The molecule has 0 radical (unpaired) electrons. The number of nitrogens with two attached hydrogens (primary N) is 1. The van der Waals surface area contributed by atoms with Crippen LogP contribution in [0, 0.1) is 0 Å². The molecule has 2 N–H and O–H groups in total. The lowest BCUT2D eigenvalue weighted by atomic mass is 10.1. The second-order valence-electron chi connectivity index (χ2n) is 3.42.